The van der Waals surface area contributed by atoms with Gasteiger partial charge in [-0.15, -0.1) is 11.3 Å². The predicted octanol–water partition coefficient (Wildman–Crippen LogP) is 2.72. The Morgan fingerprint density at radius 3 is 2.84 bits per heavy atom. The number of carbonyl (C=O) groups is 2. The molecule has 0 saturated carbocycles. The highest BCUT2D eigenvalue weighted by atomic mass is 32.1. The Labute approximate surface area is 152 Å². The smallest absolute Gasteiger partial charge is 0.254 e. The van der Waals surface area contributed by atoms with Crippen molar-refractivity contribution >= 4 is 23.2 Å². The summed E-state index contributed by atoms with van der Waals surface area (Å²) in [5.74, 6) is -0.114. The lowest BCUT2D eigenvalue weighted by Crippen LogP contribution is -2.46. The number of rotatable bonds is 5. The lowest BCUT2D eigenvalue weighted by Gasteiger charge is -2.24. The van der Waals surface area contributed by atoms with E-state index in [9.17, 15) is 9.59 Å². The van der Waals surface area contributed by atoms with Gasteiger partial charge in [0.05, 0.1) is 10.7 Å². The number of hydrogen-bond donors (Lipinski definition) is 1. The van der Waals surface area contributed by atoms with Gasteiger partial charge in [-0.2, -0.15) is 0 Å². The van der Waals surface area contributed by atoms with E-state index in [1.165, 1.54) is 0 Å². The molecular weight excluding hydrogens is 334 g/mol. The molecule has 1 N–H and O–H groups in total. The summed E-state index contributed by atoms with van der Waals surface area (Å²) in [5, 5.41) is 6.02. The maximum Gasteiger partial charge on any atom is 0.254 e. The van der Waals surface area contributed by atoms with Crippen molar-refractivity contribution in [2.75, 3.05) is 13.1 Å². The van der Waals surface area contributed by atoms with Crippen LogP contribution in [0.25, 0.3) is 0 Å². The number of aryl methyl sites for hydroxylation is 2. The lowest BCUT2D eigenvalue weighted by molar-refractivity contribution is -0.124. The van der Waals surface area contributed by atoms with E-state index in [-0.39, 0.29) is 17.9 Å². The Kier molecular flexibility index (Phi) is 5.48. The molecule has 1 fully saturated rings. The third-order valence-electron chi connectivity index (χ3n) is 4.54. The minimum atomic E-state index is -0.371. The van der Waals surface area contributed by atoms with E-state index >= 15 is 0 Å². The van der Waals surface area contributed by atoms with Crippen molar-refractivity contribution in [2.45, 2.75) is 39.2 Å². The first kappa shape index (κ1) is 17.6. The van der Waals surface area contributed by atoms with Crippen molar-refractivity contribution in [3.05, 3.63) is 51.5 Å². The maximum atomic E-state index is 12.8. The normalized spacial score (nSPS) is 16.9. The van der Waals surface area contributed by atoms with Gasteiger partial charge >= 0.3 is 0 Å². The van der Waals surface area contributed by atoms with Gasteiger partial charge in [-0.3, -0.25) is 9.59 Å². The van der Waals surface area contributed by atoms with E-state index < -0.39 is 0 Å². The summed E-state index contributed by atoms with van der Waals surface area (Å²) in [7, 11) is 0. The molecule has 3 rings (SSSR count). The summed E-state index contributed by atoms with van der Waals surface area (Å²) in [6.45, 7) is 5.08. The number of hydrogen-bond acceptors (Lipinski definition) is 4. The fraction of sp³-hybridized carbons (Fsp3) is 0.421. The summed E-state index contributed by atoms with van der Waals surface area (Å²) in [6, 6.07) is 7.16. The molecule has 1 aliphatic rings. The second kappa shape index (κ2) is 7.78. The fourth-order valence-corrected chi connectivity index (χ4v) is 3.85. The third-order valence-corrected chi connectivity index (χ3v) is 5.36. The summed E-state index contributed by atoms with van der Waals surface area (Å²) in [5.41, 5.74) is 2.62. The van der Waals surface area contributed by atoms with Crippen LogP contribution in [0.15, 0.2) is 29.6 Å². The van der Waals surface area contributed by atoms with Crippen molar-refractivity contribution < 1.29 is 9.59 Å². The monoisotopic (exact) mass is 357 g/mol. The predicted molar refractivity (Wildman–Crippen MR) is 98.8 cm³/mol. The standard InChI is InChI=1S/C19H23N3O2S/c1-13-6-3-4-7-16(13)19(24)22-11-5-8-17(22)18(23)20-10-9-15-12-25-14(2)21-15/h3-4,6-7,12,17H,5,8-11H2,1-2H3,(H,20,23)/t17-/m1/s1. The van der Waals surface area contributed by atoms with Crippen LogP contribution >= 0.6 is 11.3 Å². The van der Waals surface area contributed by atoms with Gasteiger partial charge in [0.25, 0.3) is 5.91 Å². The Hall–Kier alpha value is -2.21. The van der Waals surface area contributed by atoms with Crippen LogP contribution in [0.1, 0.15) is 39.5 Å². The van der Waals surface area contributed by atoms with Crippen LogP contribution in [0.4, 0.5) is 0 Å². The zero-order valence-corrected chi connectivity index (χ0v) is 15.4. The molecule has 1 aliphatic heterocycles. The molecule has 2 aromatic rings. The Morgan fingerprint density at radius 2 is 2.12 bits per heavy atom. The summed E-state index contributed by atoms with van der Waals surface area (Å²) in [4.78, 5) is 31.5. The average molecular weight is 357 g/mol. The molecule has 1 aromatic carbocycles. The molecule has 1 aromatic heterocycles. The Morgan fingerprint density at radius 1 is 1.32 bits per heavy atom. The largest absolute Gasteiger partial charge is 0.354 e. The number of benzene rings is 1. The van der Waals surface area contributed by atoms with Gasteiger partial charge in [-0.25, -0.2) is 4.98 Å². The molecule has 1 saturated heterocycles. The molecule has 2 amide bonds. The van der Waals surface area contributed by atoms with Crippen molar-refractivity contribution in [1.82, 2.24) is 15.2 Å². The zero-order valence-electron chi connectivity index (χ0n) is 14.6. The first-order valence-electron chi connectivity index (χ1n) is 8.61. The Balaban J connectivity index is 1.59. The zero-order chi connectivity index (χ0) is 17.8. The fourth-order valence-electron chi connectivity index (χ4n) is 3.20. The van der Waals surface area contributed by atoms with E-state index in [4.69, 9.17) is 0 Å². The van der Waals surface area contributed by atoms with E-state index in [0.717, 1.165) is 29.1 Å². The van der Waals surface area contributed by atoms with Crippen LogP contribution in [0, 0.1) is 13.8 Å². The van der Waals surface area contributed by atoms with E-state index in [0.29, 0.717) is 25.1 Å². The number of thiazole rings is 1. The first-order chi connectivity index (χ1) is 12.1. The molecule has 0 bridgehead atoms. The van der Waals surface area contributed by atoms with Crippen LogP contribution in [-0.2, 0) is 11.2 Å². The van der Waals surface area contributed by atoms with Crippen molar-refractivity contribution in [3.63, 3.8) is 0 Å². The number of carbonyl (C=O) groups excluding carboxylic acids is 2. The molecule has 132 valence electrons. The third kappa shape index (κ3) is 4.07. The summed E-state index contributed by atoms with van der Waals surface area (Å²) in [6.07, 6.45) is 2.30. The number of amides is 2. The molecule has 0 unspecified atom stereocenters. The number of nitrogens with one attached hydrogen (secondary N) is 1. The number of nitrogens with zero attached hydrogens (tertiary/aromatic N) is 2. The van der Waals surface area contributed by atoms with Crippen LogP contribution in [0.3, 0.4) is 0 Å². The van der Waals surface area contributed by atoms with Crippen molar-refractivity contribution in [1.29, 1.82) is 0 Å². The van der Waals surface area contributed by atoms with E-state index in [1.54, 1.807) is 16.2 Å². The minimum Gasteiger partial charge on any atom is -0.354 e. The summed E-state index contributed by atoms with van der Waals surface area (Å²) >= 11 is 1.62. The molecule has 0 radical (unpaired) electrons. The molecule has 5 nitrogen and oxygen atoms in total. The topological polar surface area (TPSA) is 62.3 Å². The quantitative estimate of drug-likeness (QED) is 0.895. The molecule has 0 aliphatic carbocycles. The van der Waals surface area contributed by atoms with Gasteiger partial charge in [-0.05, 0) is 38.3 Å². The SMILES string of the molecule is Cc1nc(CCNC(=O)[C@H]2CCCN2C(=O)c2ccccc2C)cs1. The van der Waals surface area contributed by atoms with Gasteiger partial charge in [0.2, 0.25) is 5.91 Å². The maximum absolute atomic E-state index is 12.8. The number of aromatic nitrogens is 1. The molecule has 6 heteroatoms. The highest BCUT2D eigenvalue weighted by molar-refractivity contribution is 7.09. The minimum absolute atomic E-state index is 0.0501. The van der Waals surface area contributed by atoms with Gasteiger partial charge < -0.3 is 10.2 Å². The Bertz CT molecular complexity index is 772. The van der Waals surface area contributed by atoms with Gasteiger partial charge in [0.1, 0.15) is 6.04 Å². The molecule has 25 heavy (non-hydrogen) atoms. The van der Waals surface area contributed by atoms with Crippen LogP contribution < -0.4 is 5.32 Å². The lowest BCUT2D eigenvalue weighted by atomic mass is 10.1. The average Bonchev–Trinajstić information content (AvgIpc) is 3.23. The molecule has 2 heterocycles. The molecule has 1 atom stereocenters. The van der Waals surface area contributed by atoms with Gasteiger partial charge in [0.15, 0.2) is 0 Å². The van der Waals surface area contributed by atoms with Crippen LogP contribution in [0.5, 0.6) is 0 Å². The van der Waals surface area contributed by atoms with Gasteiger partial charge in [-0.1, -0.05) is 18.2 Å². The van der Waals surface area contributed by atoms with Gasteiger partial charge in [0, 0.05) is 30.5 Å². The molecule has 0 spiro atoms. The summed E-state index contributed by atoms with van der Waals surface area (Å²) < 4.78 is 0. The highest BCUT2D eigenvalue weighted by Gasteiger charge is 2.34. The second-order valence-corrected chi connectivity index (χ2v) is 7.43. The first-order valence-corrected chi connectivity index (χ1v) is 9.49. The van der Waals surface area contributed by atoms with Crippen LogP contribution in [-0.4, -0.2) is 40.8 Å². The van der Waals surface area contributed by atoms with E-state index in [2.05, 4.69) is 10.3 Å². The second-order valence-electron chi connectivity index (χ2n) is 6.37. The number of likely N-dealkylation sites (tertiary alicyclic amines) is 1. The molecular formula is C19H23N3O2S. The van der Waals surface area contributed by atoms with Crippen LogP contribution in [0.2, 0.25) is 0 Å². The highest BCUT2D eigenvalue weighted by Crippen LogP contribution is 2.21. The van der Waals surface area contributed by atoms with Crippen molar-refractivity contribution in [3.8, 4) is 0 Å². The van der Waals surface area contributed by atoms with Crippen molar-refractivity contribution in [2.24, 2.45) is 0 Å². The van der Waals surface area contributed by atoms with E-state index in [1.807, 2.05) is 43.5 Å².